The third kappa shape index (κ3) is 3.45. The highest BCUT2D eigenvalue weighted by molar-refractivity contribution is 6.17. The molecule has 6 nitrogen and oxygen atoms in total. The Labute approximate surface area is 117 Å². The van der Waals surface area contributed by atoms with E-state index < -0.39 is 5.97 Å². The summed E-state index contributed by atoms with van der Waals surface area (Å²) in [5, 5.41) is 7.89. The molecule has 1 saturated heterocycles. The van der Waals surface area contributed by atoms with Crippen LogP contribution in [0.3, 0.4) is 0 Å². The Kier molecular flexibility index (Phi) is 5.15. The maximum Gasteiger partial charge on any atom is 0.360 e. The van der Waals surface area contributed by atoms with Crippen molar-refractivity contribution in [1.82, 2.24) is 19.9 Å². The Morgan fingerprint density at radius 2 is 2.11 bits per heavy atom. The van der Waals surface area contributed by atoms with E-state index in [1.807, 2.05) is 0 Å². The zero-order chi connectivity index (χ0) is 13.7. The zero-order valence-corrected chi connectivity index (χ0v) is 11.9. The smallest absolute Gasteiger partial charge is 0.360 e. The summed E-state index contributed by atoms with van der Waals surface area (Å²) < 4.78 is 6.64. The van der Waals surface area contributed by atoms with Crippen molar-refractivity contribution in [3.63, 3.8) is 0 Å². The van der Waals surface area contributed by atoms with E-state index in [1.165, 1.54) is 12.8 Å². The maximum absolute atomic E-state index is 11.7. The molecule has 7 heteroatoms. The summed E-state index contributed by atoms with van der Waals surface area (Å²) in [4.78, 5) is 14.1. The molecular formula is C12H19ClN4O2. The Balaban J connectivity index is 2.01. The molecule has 1 fully saturated rings. The van der Waals surface area contributed by atoms with Gasteiger partial charge < -0.3 is 9.64 Å². The molecule has 0 aliphatic carbocycles. The molecule has 1 aromatic rings. The summed E-state index contributed by atoms with van der Waals surface area (Å²) >= 11 is 5.90. The van der Waals surface area contributed by atoms with Gasteiger partial charge in [-0.15, -0.1) is 16.7 Å². The van der Waals surface area contributed by atoms with Crippen LogP contribution in [0.2, 0.25) is 0 Å². The van der Waals surface area contributed by atoms with Gasteiger partial charge in [0.1, 0.15) is 0 Å². The fourth-order valence-corrected chi connectivity index (χ4v) is 2.51. The molecular weight excluding hydrogens is 268 g/mol. The monoisotopic (exact) mass is 286 g/mol. The number of alkyl halides is 1. The van der Waals surface area contributed by atoms with Crippen LogP contribution >= 0.6 is 11.6 Å². The Morgan fingerprint density at radius 1 is 1.37 bits per heavy atom. The molecule has 19 heavy (non-hydrogen) atoms. The van der Waals surface area contributed by atoms with E-state index in [2.05, 4.69) is 15.2 Å². The Hall–Kier alpha value is -1.14. The van der Waals surface area contributed by atoms with Crippen molar-refractivity contribution in [2.24, 2.45) is 0 Å². The summed E-state index contributed by atoms with van der Waals surface area (Å²) in [6, 6.07) is 0. The molecule has 1 aliphatic rings. The van der Waals surface area contributed by atoms with Gasteiger partial charge in [-0.3, -0.25) is 0 Å². The first kappa shape index (κ1) is 14.3. The van der Waals surface area contributed by atoms with Crippen molar-refractivity contribution < 1.29 is 9.53 Å². The highest BCUT2D eigenvalue weighted by atomic mass is 35.5. The molecule has 0 spiro atoms. The van der Waals surface area contributed by atoms with Crippen LogP contribution in [0, 0.1) is 0 Å². The predicted octanol–water partition coefficient (Wildman–Crippen LogP) is 1.29. The number of carbonyl (C=O) groups is 1. The number of rotatable bonds is 6. The molecule has 0 saturated carbocycles. The number of halogens is 1. The van der Waals surface area contributed by atoms with Crippen LogP contribution in [0.5, 0.6) is 0 Å². The lowest BCUT2D eigenvalue weighted by molar-refractivity contribution is 0.0518. The van der Waals surface area contributed by atoms with E-state index >= 15 is 0 Å². The second kappa shape index (κ2) is 6.86. The van der Waals surface area contributed by atoms with Crippen LogP contribution in [-0.4, -0.2) is 52.1 Å². The summed E-state index contributed by atoms with van der Waals surface area (Å²) in [6.45, 7) is 5.96. The van der Waals surface area contributed by atoms with E-state index in [-0.39, 0.29) is 11.6 Å². The van der Waals surface area contributed by atoms with Gasteiger partial charge in [-0.05, 0) is 32.9 Å². The highest BCUT2D eigenvalue weighted by Gasteiger charge is 2.20. The average Bonchev–Trinajstić information content (AvgIpc) is 3.05. The average molecular weight is 287 g/mol. The van der Waals surface area contributed by atoms with Gasteiger partial charge in [0.05, 0.1) is 24.7 Å². The second-order valence-corrected chi connectivity index (χ2v) is 4.78. The first-order valence-corrected chi connectivity index (χ1v) is 7.17. The maximum atomic E-state index is 11.7. The molecule has 106 valence electrons. The molecule has 1 aliphatic heterocycles. The minimum Gasteiger partial charge on any atom is -0.461 e. The molecule has 0 bridgehead atoms. The van der Waals surface area contributed by atoms with E-state index in [0.29, 0.717) is 18.8 Å². The van der Waals surface area contributed by atoms with Gasteiger partial charge >= 0.3 is 5.97 Å². The van der Waals surface area contributed by atoms with Crippen LogP contribution in [0.15, 0.2) is 0 Å². The predicted molar refractivity (Wildman–Crippen MR) is 71.2 cm³/mol. The fraction of sp³-hybridized carbons (Fsp3) is 0.750. The molecule has 0 amide bonds. The van der Waals surface area contributed by atoms with Crippen molar-refractivity contribution in [3.8, 4) is 0 Å². The van der Waals surface area contributed by atoms with Gasteiger partial charge in [0, 0.05) is 6.54 Å². The fourth-order valence-electron chi connectivity index (χ4n) is 2.25. The van der Waals surface area contributed by atoms with Crippen molar-refractivity contribution in [1.29, 1.82) is 0 Å². The summed E-state index contributed by atoms with van der Waals surface area (Å²) in [5.74, 6) is -0.244. The van der Waals surface area contributed by atoms with Crippen LogP contribution in [0.25, 0.3) is 0 Å². The quantitative estimate of drug-likeness (QED) is 0.582. The summed E-state index contributed by atoms with van der Waals surface area (Å²) in [7, 11) is 0. The number of ether oxygens (including phenoxy) is 1. The molecule has 0 radical (unpaired) electrons. The van der Waals surface area contributed by atoms with E-state index in [4.69, 9.17) is 16.3 Å². The normalized spacial score (nSPS) is 15.9. The van der Waals surface area contributed by atoms with E-state index in [1.54, 1.807) is 11.6 Å². The number of aromatic nitrogens is 3. The lowest BCUT2D eigenvalue weighted by Crippen LogP contribution is -2.25. The van der Waals surface area contributed by atoms with E-state index in [9.17, 15) is 4.79 Å². The van der Waals surface area contributed by atoms with Gasteiger partial charge in [-0.2, -0.15) is 0 Å². The first-order valence-electron chi connectivity index (χ1n) is 6.64. The standard InChI is InChI=1S/C12H19ClN4O2/c1-2-19-12(18)11-10(9-13)17(15-14-11)8-7-16-5-3-4-6-16/h2-9H2,1H3. The van der Waals surface area contributed by atoms with Crippen LogP contribution < -0.4 is 0 Å². The number of hydrogen-bond acceptors (Lipinski definition) is 5. The molecule has 0 N–H and O–H groups in total. The van der Waals surface area contributed by atoms with Gasteiger partial charge in [0.25, 0.3) is 0 Å². The van der Waals surface area contributed by atoms with Crippen LogP contribution in [0.4, 0.5) is 0 Å². The number of nitrogens with zero attached hydrogens (tertiary/aromatic N) is 4. The van der Waals surface area contributed by atoms with E-state index in [0.717, 1.165) is 19.6 Å². The van der Waals surface area contributed by atoms with Gasteiger partial charge in [0.15, 0.2) is 5.69 Å². The van der Waals surface area contributed by atoms with Crippen molar-refractivity contribution in [3.05, 3.63) is 11.4 Å². The third-order valence-electron chi connectivity index (χ3n) is 3.26. The number of hydrogen-bond donors (Lipinski definition) is 0. The lowest BCUT2D eigenvalue weighted by Gasteiger charge is -2.14. The number of esters is 1. The van der Waals surface area contributed by atoms with Crippen LogP contribution in [0.1, 0.15) is 35.9 Å². The SMILES string of the molecule is CCOC(=O)c1nnn(CCN2CCCC2)c1CCl. The highest BCUT2D eigenvalue weighted by Crippen LogP contribution is 2.12. The van der Waals surface area contributed by atoms with Gasteiger partial charge in [-0.1, -0.05) is 5.21 Å². The largest absolute Gasteiger partial charge is 0.461 e. The van der Waals surface area contributed by atoms with Crippen LogP contribution in [-0.2, 0) is 17.2 Å². The molecule has 0 atom stereocenters. The van der Waals surface area contributed by atoms with Gasteiger partial charge in [-0.25, -0.2) is 9.48 Å². The molecule has 0 aromatic carbocycles. The summed E-state index contributed by atoms with van der Waals surface area (Å²) in [6.07, 6.45) is 2.52. The van der Waals surface area contributed by atoms with Crippen molar-refractivity contribution >= 4 is 17.6 Å². The number of likely N-dealkylation sites (tertiary alicyclic amines) is 1. The van der Waals surface area contributed by atoms with Crippen molar-refractivity contribution in [2.75, 3.05) is 26.2 Å². The van der Waals surface area contributed by atoms with Crippen molar-refractivity contribution in [2.45, 2.75) is 32.2 Å². The molecule has 2 heterocycles. The lowest BCUT2D eigenvalue weighted by atomic mass is 10.3. The van der Waals surface area contributed by atoms with Gasteiger partial charge in [0.2, 0.25) is 0 Å². The third-order valence-corrected chi connectivity index (χ3v) is 3.51. The molecule has 0 unspecified atom stereocenters. The summed E-state index contributed by atoms with van der Waals surface area (Å²) in [5.41, 5.74) is 0.873. The second-order valence-electron chi connectivity index (χ2n) is 4.51. The Bertz CT molecular complexity index is 429. The minimum absolute atomic E-state index is 0.209. The first-order chi connectivity index (χ1) is 9.26. The molecule has 2 rings (SSSR count). The minimum atomic E-state index is -0.453. The molecule has 1 aromatic heterocycles. The zero-order valence-electron chi connectivity index (χ0n) is 11.1. The topological polar surface area (TPSA) is 60.2 Å². The Morgan fingerprint density at radius 3 is 2.74 bits per heavy atom. The number of carbonyl (C=O) groups excluding carboxylic acids is 1.